The van der Waals surface area contributed by atoms with Crippen LogP contribution in [-0.4, -0.2) is 48.6 Å². The van der Waals surface area contributed by atoms with Crippen LogP contribution in [0.3, 0.4) is 0 Å². The van der Waals surface area contributed by atoms with Gasteiger partial charge in [0.25, 0.3) is 0 Å². The zero-order chi connectivity index (χ0) is 16.1. The summed E-state index contributed by atoms with van der Waals surface area (Å²) < 4.78 is 5.68. The molecule has 0 spiro atoms. The van der Waals surface area contributed by atoms with Crippen LogP contribution in [0.15, 0.2) is 0 Å². The molecule has 1 saturated heterocycles. The molecule has 0 aromatic rings. The Labute approximate surface area is 139 Å². The molecule has 3 rings (SSSR count). The van der Waals surface area contributed by atoms with E-state index in [2.05, 4.69) is 5.32 Å². The van der Waals surface area contributed by atoms with Gasteiger partial charge in [-0.3, -0.25) is 9.59 Å². The second kappa shape index (κ2) is 8.13. The minimum atomic E-state index is 0.0359. The molecule has 3 aliphatic rings. The van der Waals surface area contributed by atoms with Gasteiger partial charge in [-0.15, -0.1) is 0 Å². The summed E-state index contributed by atoms with van der Waals surface area (Å²) in [5, 5.41) is 3.07. The Morgan fingerprint density at radius 1 is 0.957 bits per heavy atom. The Balaban J connectivity index is 1.41. The van der Waals surface area contributed by atoms with Crippen molar-refractivity contribution in [2.24, 2.45) is 5.92 Å². The third kappa shape index (κ3) is 5.48. The zero-order valence-electron chi connectivity index (χ0n) is 14.1. The van der Waals surface area contributed by atoms with E-state index in [4.69, 9.17) is 4.74 Å². The summed E-state index contributed by atoms with van der Waals surface area (Å²) in [5.74, 6) is 0.829. The predicted octanol–water partition coefficient (Wildman–Crippen LogP) is 2.24. The summed E-state index contributed by atoms with van der Waals surface area (Å²) in [6.45, 7) is 2.38. The predicted molar refractivity (Wildman–Crippen MR) is 87.9 cm³/mol. The molecule has 2 amide bonds. The number of carbonyl (C=O) groups is 2. The monoisotopic (exact) mass is 322 g/mol. The smallest absolute Gasteiger partial charge is 0.223 e. The number of nitrogens with zero attached hydrogens (tertiary/aromatic N) is 1. The van der Waals surface area contributed by atoms with Crippen molar-refractivity contribution >= 4 is 11.8 Å². The molecule has 2 saturated carbocycles. The average molecular weight is 322 g/mol. The number of hydrogen-bond acceptors (Lipinski definition) is 3. The van der Waals surface area contributed by atoms with Crippen LogP contribution >= 0.6 is 0 Å². The van der Waals surface area contributed by atoms with Crippen molar-refractivity contribution in [1.82, 2.24) is 10.2 Å². The van der Waals surface area contributed by atoms with E-state index in [1.807, 2.05) is 4.90 Å². The summed E-state index contributed by atoms with van der Waals surface area (Å²) in [4.78, 5) is 26.5. The summed E-state index contributed by atoms with van der Waals surface area (Å²) in [7, 11) is 0. The third-order valence-electron chi connectivity index (χ3n) is 5.26. The molecule has 1 N–H and O–H groups in total. The molecule has 0 radical (unpaired) electrons. The van der Waals surface area contributed by atoms with Crippen molar-refractivity contribution in [3.8, 4) is 0 Å². The van der Waals surface area contributed by atoms with Gasteiger partial charge in [0.1, 0.15) is 0 Å². The molecular weight excluding hydrogens is 292 g/mol. The minimum Gasteiger partial charge on any atom is -0.376 e. The van der Waals surface area contributed by atoms with Crippen LogP contribution in [0.5, 0.6) is 0 Å². The van der Waals surface area contributed by atoms with Crippen molar-refractivity contribution in [1.29, 1.82) is 0 Å². The molecule has 2 aliphatic carbocycles. The van der Waals surface area contributed by atoms with Gasteiger partial charge in [0.05, 0.1) is 6.10 Å². The number of nitrogens with one attached hydrogen (secondary N) is 1. The zero-order valence-corrected chi connectivity index (χ0v) is 14.1. The largest absolute Gasteiger partial charge is 0.376 e. The topological polar surface area (TPSA) is 58.6 Å². The number of hydrogen-bond donors (Lipinski definition) is 1. The highest BCUT2D eigenvalue weighted by atomic mass is 16.5. The molecule has 23 heavy (non-hydrogen) atoms. The Kier molecular flexibility index (Phi) is 5.92. The fraction of sp³-hybridized carbons (Fsp3) is 0.889. The maximum atomic E-state index is 12.5. The van der Waals surface area contributed by atoms with Crippen molar-refractivity contribution in [2.75, 3.05) is 19.7 Å². The number of ether oxygens (including phenoxy) is 1. The highest BCUT2D eigenvalue weighted by Gasteiger charge is 2.29. The fourth-order valence-electron chi connectivity index (χ4n) is 3.67. The second-order valence-electron chi connectivity index (χ2n) is 7.43. The molecule has 5 nitrogen and oxygen atoms in total. The lowest BCUT2D eigenvalue weighted by Gasteiger charge is -2.25. The van der Waals surface area contributed by atoms with Crippen LogP contribution < -0.4 is 5.32 Å². The highest BCUT2D eigenvalue weighted by Crippen LogP contribution is 2.30. The van der Waals surface area contributed by atoms with Gasteiger partial charge in [-0.25, -0.2) is 0 Å². The lowest BCUT2D eigenvalue weighted by atomic mass is 10.2. The van der Waals surface area contributed by atoms with Crippen molar-refractivity contribution in [2.45, 2.75) is 76.4 Å². The van der Waals surface area contributed by atoms with Crippen LogP contribution in [0.2, 0.25) is 0 Å². The first kappa shape index (κ1) is 16.7. The molecule has 0 bridgehead atoms. The van der Waals surface area contributed by atoms with E-state index < -0.39 is 0 Å². The second-order valence-corrected chi connectivity index (χ2v) is 7.43. The van der Waals surface area contributed by atoms with Gasteiger partial charge in [0.2, 0.25) is 11.8 Å². The lowest BCUT2D eigenvalue weighted by molar-refractivity contribution is -0.135. The van der Waals surface area contributed by atoms with Crippen LogP contribution in [0, 0.1) is 5.92 Å². The van der Waals surface area contributed by atoms with Crippen molar-refractivity contribution < 1.29 is 14.3 Å². The van der Waals surface area contributed by atoms with Gasteiger partial charge >= 0.3 is 0 Å². The Morgan fingerprint density at radius 2 is 1.74 bits per heavy atom. The normalized spacial score (nSPS) is 24.8. The van der Waals surface area contributed by atoms with Crippen LogP contribution in [0.25, 0.3) is 0 Å². The van der Waals surface area contributed by atoms with Crippen LogP contribution in [-0.2, 0) is 14.3 Å². The van der Waals surface area contributed by atoms with E-state index in [1.165, 1.54) is 25.7 Å². The number of amides is 2. The van der Waals surface area contributed by atoms with E-state index >= 15 is 0 Å². The van der Waals surface area contributed by atoms with E-state index in [-0.39, 0.29) is 17.9 Å². The maximum absolute atomic E-state index is 12.5. The van der Waals surface area contributed by atoms with Gasteiger partial charge in [-0.2, -0.15) is 0 Å². The maximum Gasteiger partial charge on any atom is 0.223 e. The molecule has 1 aliphatic heterocycles. The Bertz CT molecular complexity index is 410. The summed E-state index contributed by atoms with van der Waals surface area (Å²) in [6, 6.07) is 0.340. The van der Waals surface area contributed by atoms with Gasteiger partial charge in [0, 0.05) is 38.6 Å². The van der Waals surface area contributed by atoms with E-state index in [0.717, 1.165) is 38.8 Å². The van der Waals surface area contributed by atoms with Crippen LogP contribution in [0.1, 0.15) is 64.2 Å². The SMILES string of the molecule is O=C(CCC(=O)N(CC1CC1)C[C@@H]1CCCO1)NC1CCCC1. The van der Waals surface area contributed by atoms with E-state index in [1.54, 1.807) is 0 Å². The number of carbonyl (C=O) groups excluding carboxylic acids is 2. The lowest BCUT2D eigenvalue weighted by Crippen LogP contribution is -2.39. The Morgan fingerprint density at radius 3 is 2.39 bits per heavy atom. The van der Waals surface area contributed by atoms with E-state index in [0.29, 0.717) is 31.3 Å². The first-order valence-corrected chi connectivity index (χ1v) is 9.39. The van der Waals surface area contributed by atoms with Crippen molar-refractivity contribution in [3.63, 3.8) is 0 Å². The quantitative estimate of drug-likeness (QED) is 0.745. The fourth-order valence-corrected chi connectivity index (χ4v) is 3.67. The summed E-state index contributed by atoms with van der Waals surface area (Å²) in [6.07, 6.45) is 10.1. The van der Waals surface area contributed by atoms with Crippen molar-refractivity contribution in [3.05, 3.63) is 0 Å². The molecule has 0 aromatic heterocycles. The molecule has 0 aromatic carbocycles. The van der Waals surface area contributed by atoms with Crippen LogP contribution in [0.4, 0.5) is 0 Å². The van der Waals surface area contributed by atoms with Gasteiger partial charge in [-0.05, 0) is 44.4 Å². The molecule has 1 atom stereocenters. The summed E-state index contributed by atoms with van der Waals surface area (Å²) in [5.41, 5.74) is 0. The molecule has 1 heterocycles. The molecule has 3 fully saturated rings. The minimum absolute atomic E-state index is 0.0359. The third-order valence-corrected chi connectivity index (χ3v) is 5.26. The first-order chi connectivity index (χ1) is 11.2. The standard InChI is InChI=1S/C18H30N2O3/c21-17(19-15-4-1-2-5-15)9-10-18(22)20(12-14-7-8-14)13-16-6-3-11-23-16/h14-16H,1-13H2,(H,19,21)/t16-/m0/s1. The average Bonchev–Trinajstić information content (AvgIpc) is 3.00. The molecule has 0 unspecified atom stereocenters. The highest BCUT2D eigenvalue weighted by molar-refractivity contribution is 5.84. The number of rotatable bonds is 8. The summed E-state index contributed by atoms with van der Waals surface area (Å²) >= 11 is 0. The molecular formula is C18H30N2O3. The van der Waals surface area contributed by atoms with Gasteiger partial charge in [-0.1, -0.05) is 12.8 Å². The van der Waals surface area contributed by atoms with Gasteiger partial charge < -0.3 is 15.0 Å². The molecule has 130 valence electrons. The first-order valence-electron chi connectivity index (χ1n) is 9.39. The Hall–Kier alpha value is -1.10. The van der Waals surface area contributed by atoms with Gasteiger partial charge in [0.15, 0.2) is 0 Å². The van der Waals surface area contributed by atoms with E-state index in [9.17, 15) is 9.59 Å². The molecule has 5 heteroatoms.